The van der Waals surface area contributed by atoms with Crippen LogP contribution in [-0.2, 0) is 4.79 Å². The highest BCUT2D eigenvalue weighted by atomic mass is 16.6. The number of amides is 1. The number of piperidine rings is 1. The molecule has 0 bridgehead atoms. The predicted molar refractivity (Wildman–Crippen MR) is 70.8 cm³/mol. The molecule has 0 aromatic carbocycles. The standard InChI is InChI=1S/C10H15N7O3/c1-16-4-6(2-3-7(16)18)14-9-8(17(19)20)10(15-11)13-5-12-9/h5-6H,2-4,11H2,1H3,(H2,12,13,14,15). The Morgan fingerprint density at radius 1 is 1.50 bits per heavy atom. The number of hydrogen-bond donors (Lipinski definition) is 3. The van der Waals surface area contributed by atoms with Crippen molar-refractivity contribution >= 4 is 23.2 Å². The fourth-order valence-electron chi connectivity index (χ4n) is 2.09. The molecule has 2 rings (SSSR count). The summed E-state index contributed by atoms with van der Waals surface area (Å²) in [4.78, 5) is 31.1. The second-order valence-corrected chi connectivity index (χ2v) is 4.48. The second kappa shape index (κ2) is 5.65. The van der Waals surface area contributed by atoms with E-state index in [4.69, 9.17) is 5.84 Å². The molecule has 1 fully saturated rings. The fraction of sp³-hybridized carbons (Fsp3) is 0.500. The van der Waals surface area contributed by atoms with Gasteiger partial charge in [-0.1, -0.05) is 0 Å². The average Bonchev–Trinajstić information content (AvgIpc) is 2.42. The molecule has 1 aliphatic heterocycles. The number of hydrogen-bond acceptors (Lipinski definition) is 8. The highest BCUT2D eigenvalue weighted by Crippen LogP contribution is 2.29. The van der Waals surface area contributed by atoms with Crippen molar-refractivity contribution in [1.82, 2.24) is 14.9 Å². The van der Waals surface area contributed by atoms with Crippen molar-refractivity contribution in [2.45, 2.75) is 18.9 Å². The molecule has 0 spiro atoms. The van der Waals surface area contributed by atoms with Crippen LogP contribution in [0.2, 0.25) is 0 Å². The molecule has 1 saturated heterocycles. The average molecular weight is 281 g/mol. The van der Waals surface area contributed by atoms with Crippen molar-refractivity contribution in [2.24, 2.45) is 5.84 Å². The van der Waals surface area contributed by atoms with Crippen molar-refractivity contribution < 1.29 is 9.72 Å². The van der Waals surface area contributed by atoms with Crippen LogP contribution in [0.1, 0.15) is 12.8 Å². The van der Waals surface area contributed by atoms with Crippen molar-refractivity contribution in [2.75, 3.05) is 24.3 Å². The Balaban J connectivity index is 2.21. The Kier molecular flexibility index (Phi) is 3.94. The summed E-state index contributed by atoms with van der Waals surface area (Å²) in [7, 11) is 1.69. The first-order valence-corrected chi connectivity index (χ1v) is 5.99. The number of carbonyl (C=O) groups excluding carboxylic acids is 1. The molecule has 1 aromatic heterocycles. The topological polar surface area (TPSA) is 139 Å². The summed E-state index contributed by atoms with van der Waals surface area (Å²) in [5.41, 5.74) is 1.86. The van der Waals surface area contributed by atoms with Gasteiger partial charge in [0, 0.05) is 26.1 Å². The normalized spacial score (nSPS) is 18.8. The van der Waals surface area contributed by atoms with Gasteiger partial charge in [0.25, 0.3) is 0 Å². The molecule has 1 aromatic rings. The first kappa shape index (κ1) is 13.9. The maximum Gasteiger partial charge on any atom is 0.354 e. The van der Waals surface area contributed by atoms with Crippen LogP contribution in [-0.4, -0.2) is 45.3 Å². The number of hydrazine groups is 1. The van der Waals surface area contributed by atoms with Crippen LogP contribution in [0.25, 0.3) is 0 Å². The summed E-state index contributed by atoms with van der Waals surface area (Å²) < 4.78 is 0. The van der Waals surface area contributed by atoms with E-state index in [0.29, 0.717) is 19.4 Å². The van der Waals surface area contributed by atoms with Crippen LogP contribution in [0, 0.1) is 10.1 Å². The van der Waals surface area contributed by atoms with E-state index >= 15 is 0 Å². The Hall–Kier alpha value is -2.49. The molecule has 108 valence electrons. The summed E-state index contributed by atoms with van der Waals surface area (Å²) in [6.07, 6.45) is 2.17. The van der Waals surface area contributed by atoms with Gasteiger partial charge >= 0.3 is 5.69 Å². The van der Waals surface area contributed by atoms with Crippen LogP contribution in [0.5, 0.6) is 0 Å². The summed E-state index contributed by atoms with van der Waals surface area (Å²) in [6, 6.07) is -0.100. The molecule has 20 heavy (non-hydrogen) atoms. The molecule has 1 unspecified atom stereocenters. The molecule has 0 aliphatic carbocycles. The minimum Gasteiger partial charge on any atom is -0.360 e. The van der Waals surface area contributed by atoms with Gasteiger partial charge in [-0.15, -0.1) is 0 Å². The van der Waals surface area contributed by atoms with E-state index in [9.17, 15) is 14.9 Å². The third-order valence-corrected chi connectivity index (χ3v) is 3.11. The van der Waals surface area contributed by atoms with Crippen LogP contribution in [0.4, 0.5) is 17.3 Å². The number of anilines is 2. The van der Waals surface area contributed by atoms with Crippen LogP contribution in [0.15, 0.2) is 6.33 Å². The summed E-state index contributed by atoms with van der Waals surface area (Å²) in [5, 5.41) is 14.1. The van der Waals surface area contributed by atoms with E-state index < -0.39 is 4.92 Å². The summed E-state index contributed by atoms with van der Waals surface area (Å²) in [6.45, 7) is 0.464. The SMILES string of the molecule is CN1CC(Nc2ncnc(NN)c2[N+](=O)[O-])CCC1=O. The quantitative estimate of drug-likeness (QED) is 0.388. The van der Waals surface area contributed by atoms with Crippen LogP contribution >= 0.6 is 0 Å². The number of likely N-dealkylation sites (N-methyl/N-ethyl adjacent to an activating group) is 1. The van der Waals surface area contributed by atoms with Crippen LogP contribution in [0.3, 0.4) is 0 Å². The molecule has 1 amide bonds. The first-order chi connectivity index (χ1) is 9.52. The molecule has 0 saturated carbocycles. The molecule has 0 radical (unpaired) electrons. The van der Waals surface area contributed by atoms with Gasteiger partial charge in [-0.3, -0.25) is 14.9 Å². The highest BCUT2D eigenvalue weighted by molar-refractivity contribution is 5.77. The monoisotopic (exact) mass is 281 g/mol. The Bertz CT molecular complexity index is 536. The highest BCUT2D eigenvalue weighted by Gasteiger charge is 2.28. The molecule has 2 heterocycles. The lowest BCUT2D eigenvalue weighted by Gasteiger charge is -2.30. The number of nitrogen functional groups attached to an aromatic ring is 1. The number of likely N-dealkylation sites (tertiary alicyclic amines) is 1. The number of nitrogens with one attached hydrogen (secondary N) is 2. The number of aromatic nitrogens is 2. The maximum absolute atomic E-state index is 11.4. The fourth-order valence-corrected chi connectivity index (χ4v) is 2.09. The lowest BCUT2D eigenvalue weighted by atomic mass is 10.1. The maximum atomic E-state index is 11.4. The number of nitro groups is 1. The van der Waals surface area contributed by atoms with Gasteiger partial charge in [-0.25, -0.2) is 15.8 Å². The largest absolute Gasteiger partial charge is 0.360 e. The number of rotatable bonds is 4. The van der Waals surface area contributed by atoms with Crippen molar-refractivity contribution in [3.05, 3.63) is 16.4 Å². The number of carbonyl (C=O) groups is 1. The van der Waals surface area contributed by atoms with Gasteiger partial charge in [-0.05, 0) is 6.42 Å². The van der Waals surface area contributed by atoms with Gasteiger partial charge in [0.1, 0.15) is 6.33 Å². The van der Waals surface area contributed by atoms with Crippen molar-refractivity contribution in [1.29, 1.82) is 0 Å². The molecular weight excluding hydrogens is 266 g/mol. The Morgan fingerprint density at radius 3 is 2.80 bits per heavy atom. The molecule has 10 heteroatoms. The van der Waals surface area contributed by atoms with Gasteiger partial charge in [0.2, 0.25) is 17.5 Å². The van der Waals surface area contributed by atoms with Gasteiger partial charge < -0.3 is 15.6 Å². The van der Waals surface area contributed by atoms with Gasteiger partial charge in [0.05, 0.1) is 4.92 Å². The minimum absolute atomic E-state index is 0.0598. The molecule has 4 N–H and O–H groups in total. The minimum atomic E-state index is -0.602. The first-order valence-electron chi connectivity index (χ1n) is 5.99. The summed E-state index contributed by atoms with van der Waals surface area (Å²) >= 11 is 0. The van der Waals surface area contributed by atoms with Gasteiger partial charge in [0.15, 0.2) is 0 Å². The number of nitrogens with two attached hydrogens (primary N) is 1. The smallest absolute Gasteiger partial charge is 0.354 e. The summed E-state index contributed by atoms with van der Waals surface area (Å²) in [5.74, 6) is 5.29. The van der Waals surface area contributed by atoms with Crippen molar-refractivity contribution in [3.63, 3.8) is 0 Å². The molecule has 1 atom stereocenters. The number of nitrogens with zero attached hydrogens (tertiary/aromatic N) is 4. The Labute approximate surface area is 114 Å². The second-order valence-electron chi connectivity index (χ2n) is 4.48. The predicted octanol–water partition coefficient (Wildman–Crippen LogP) is -0.297. The van der Waals surface area contributed by atoms with E-state index in [1.54, 1.807) is 11.9 Å². The van der Waals surface area contributed by atoms with Gasteiger partial charge in [-0.2, -0.15) is 0 Å². The molecule has 10 nitrogen and oxygen atoms in total. The third kappa shape index (κ3) is 2.74. The van der Waals surface area contributed by atoms with Crippen molar-refractivity contribution in [3.8, 4) is 0 Å². The Morgan fingerprint density at radius 2 is 2.20 bits per heavy atom. The van der Waals surface area contributed by atoms with E-state index in [1.807, 2.05) is 0 Å². The zero-order valence-electron chi connectivity index (χ0n) is 10.9. The lowest BCUT2D eigenvalue weighted by Crippen LogP contribution is -2.43. The molecular formula is C10H15N7O3. The van der Waals surface area contributed by atoms with Crippen LogP contribution < -0.4 is 16.6 Å². The zero-order chi connectivity index (χ0) is 14.7. The van der Waals surface area contributed by atoms with E-state index in [1.165, 1.54) is 6.33 Å². The van der Waals surface area contributed by atoms with E-state index in [0.717, 1.165) is 0 Å². The molecule has 1 aliphatic rings. The van der Waals surface area contributed by atoms with E-state index in [2.05, 4.69) is 20.7 Å². The third-order valence-electron chi connectivity index (χ3n) is 3.11. The zero-order valence-corrected chi connectivity index (χ0v) is 10.9. The van der Waals surface area contributed by atoms with E-state index in [-0.39, 0.29) is 29.3 Å². The lowest BCUT2D eigenvalue weighted by molar-refractivity contribution is -0.383.